The highest BCUT2D eigenvalue weighted by Gasteiger charge is 2.22. The van der Waals surface area contributed by atoms with Gasteiger partial charge < -0.3 is 10.3 Å². The van der Waals surface area contributed by atoms with Crippen LogP contribution in [0.2, 0.25) is 0 Å². The van der Waals surface area contributed by atoms with Crippen molar-refractivity contribution < 1.29 is 13.2 Å². The molecule has 2 N–H and O–H groups in total. The lowest BCUT2D eigenvalue weighted by Crippen LogP contribution is -2.26. The average Bonchev–Trinajstić information content (AvgIpc) is 2.87. The van der Waals surface area contributed by atoms with E-state index in [1.165, 1.54) is 0 Å². The molecule has 0 radical (unpaired) electrons. The lowest BCUT2D eigenvalue weighted by Gasteiger charge is -2.19. The summed E-state index contributed by atoms with van der Waals surface area (Å²) >= 11 is 0. The topological polar surface area (TPSA) is 40.7 Å². The molecule has 2 aromatic rings. The van der Waals surface area contributed by atoms with Gasteiger partial charge in [-0.05, 0) is 13.0 Å². The van der Waals surface area contributed by atoms with E-state index in [0.717, 1.165) is 6.42 Å². The molecule has 0 fully saturated rings. The van der Waals surface area contributed by atoms with Gasteiger partial charge in [-0.3, -0.25) is 0 Å². The summed E-state index contributed by atoms with van der Waals surface area (Å²) in [6, 6.07) is 0.796. The molecule has 0 aliphatic carbocycles. The molecule has 6 heteroatoms. The maximum atomic E-state index is 13.9. The molecule has 1 unspecified atom stereocenters. The van der Waals surface area contributed by atoms with Crippen LogP contribution in [0.15, 0.2) is 24.5 Å². The summed E-state index contributed by atoms with van der Waals surface area (Å²) in [7, 11) is 0. The van der Waals surface area contributed by atoms with Crippen molar-refractivity contribution in [3.8, 4) is 0 Å². The Labute approximate surface area is 115 Å². The van der Waals surface area contributed by atoms with Crippen LogP contribution >= 0.6 is 0 Å². The highest BCUT2D eigenvalue weighted by Crippen LogP contribution is 2.24. The van der Waals surface area contributed by atoms with Gasteiger partial charge in [-0.2, -0.15) is 0 Å². The Morgan fingerprint density at radius 1 is 1.25 bits per heavy atom. The van der Waals surface area contributed by atoms with E-state index in [2.05, 4.69) is 15.3 Å². The van der Waals surface area contributed by atoms with Crippen molar-refractivity contribution in [2.45, 2.75) is 25.8 Å². The summed E-state index contributed by atoms with van der Waals surface area (Å²) in [5.41, 5.74) is -0.156. The van der Waals surface area contributed by atoms with Gasteiger partial charge in [-0.15, -0.1) is 0 Å². The first-order valence-electron chi connectivity index (χ1n) is 6.48. The first kappa shape index (κ1) is 14.6. The van der Waals surface area contributed by atoms with Crippen molar-refractivity contribution in [3.63, 3.8) is 0 Å². The third-order valence-electron chi connectivity index (χ3n) is 2.99. The Balaban J connectivity index is 2.30. The van der Waals surface area contributed by atoms with Gasteiger partial charge in [0.15, 0.2) is 0 Å². The van der Waals surface area contributed by atoms with Crippen molar-refractivity contribution in [3.05, 3.63) is 53.4 Å². The van der Waals surface area contributed by atoms with Crippen molar-refractivity contribution in [1.82, 2.24) is 15.3 Å². The molecular weight excluding hydrogens is 267 g/mol. The van der Waals surface area contributed by atoms with Crippen LogP contribution in [0.1, 0.15) is 30.8 Å². The standard InChI is InChI=1S/C14H16F3N3/c1-2-3-18-12(8-13-19-4-5-20-13)14-10(16)6-9(15)7-11(14)17/h4-7,12,18H,2-3,8H2,1H3,(H,19,20). The fourth-order valence-corrected chi connectivity index (χ4v) is 2.08. The summed E-state index contributed by atoms with van der Waals surface area (Å²) < 4.78 is 40.7. The van der Waals surface area contributed by atoms with Crippen LogP contribution in [0.3, 0.4) is 0 Å². The van der Waals surface area contributed by atoms with Gasteiger partial charge >= 0.3 is 0 Å². The average molecular weight is 283 g/mol. The molecule has 0 amide bonds. The van der Waals surface area contributed by atoms with Crippen LogP contribution in [0.25, 0.3) is 0 Å². The second-order valence-corrected chi connectivity index (χ2v) is 4.53. The minimum Gasteiger partial charge on any atom is -0.349 e. The number of hydrogen-bond acceptors (Lipinski definition) is 2. The molecule has 0 saturated heterocycles. The van der Waals surface area contributed by atoms with Crippen molar-refractivity contribution in [2.75, 3.05) is 6.54 Å². The zero-order chi connectivity index (χ0) is 14.5. The second kappa shape index (κ2) is 6.56. The molecule has 1 aromatic carbocycles. The second-order valence-electron chi connectivity index (χ2n) is 4.53. The number of hydrogen-bond donors (Lipinski definition) is 2. The third kappa shape index (κ3) is 3.39. The molecular formula is C14H16F3N3. The van der Waals surface area contributed by atoms with Crippen molar-refractivity contribution in [1.29, 1.82) is 0 Å². The van der Waals surface area contributed by atoms with E-state index in [-0.39, 0.29) is 5.56 Å². The first-order valence-corrected chi connectivity index (χ1v) is 6.48. The predicted molar refractivity (Wildman–Crippen MR) is 69.6 cm³/mol. The van der Waals surface area contributed by atoms with Crippen LogP contribution in [-0.4, -0.2) is 16.5 Å². The van der Waals surface area contributed by atoms with E-state index in [4.69, 9.17) is 0 Å². The van der Waals surface area contributed by atoms with Crippen LogP contribution in [0.5, 0.6) is 0 Å². The lowest BCUT2D eigenvalue weighted by molar-refractivity contribution is 0.451. The molecule has 1 atom stereocenters. The maximum absolute atomic E-state index is 13.9. The van der Waals surface area contributed by atoms with Gasteiger partial charge in [-0.1, -0.05) is 6.92 Å². The van der Waals surface area contributed by atoms with E-state index in [1.54, 1.807) is 12.4 Å². The smallest absolute Gasteiger partial charge is 0.133 e. The van der Waals surface area contributed by atoms with E-state index < -0.39 is 23.5 Å². The zero-order valence-electron chi connectivity index (χ0n) is 11.1. The summed E-state index contributed by atoms with van der Waals surface area (Å²) in [4.78, 5) is 6.95. The number of halogens is 3. The van der Waals surface area contributed by atoms with Gasteiger partial charge in [0.1, 0.15) is 23.3 Å². The molecule has 1 aromatic heterocycles. The van der Waals surface area contributed by atoms with Crippen molar-refractivity contribution >= 4 is 0 Å². The molecule has 0 aliphatic heterocycles. The number of aromatic amines is 1. The largest absolute Gasteiger partial charge is 0.349 e. The molecule has 2 rings (SSSR count). The normalized spacial score (nSPS) is 12.6. The summed E-state index contributed by atoms with van der Waals surface area (Å²) in [5, 5.41) is 3.06. The van der Waals surface area contributed by atoms with Gasteiger partial charge in [0, 0.05) is 42.6 Å². The van der Waals surface area contributed by atoms with Crippen LogP contribution < -0.4 is 5.32 Å². The SMILES string of the molecule is CCCNC(Cc1ncc[nH]1)c1c(F)cc(F)cc1F. The Morgan fingerprint density at radius 2 is 1.95 bits per heavy atom. The number of benzene rings is 1. The fourth-order valence-electron chi connectivity index (χ4n) is 2.08. The predicted octanol–water partition coefficient (Wildman–Crippen LogP) is 3.11. The molecule has 0 spiro atoms. The van der Waals surface area contributed by atoms with E-state index in [9.17, 15) is 13.2 Å². The quantitative estimate of drug-likeness (QED) is 0.855. The number of aromatic nitrogens is 2. The molecule has 3 nitrogen and oxygen atoms in total. The Bertz CT molecular complexity index is 532. The zero-order valence-corrected chi connectivity index (χ0v) is 11.1. The minimum absolute atomic E-state index is 0.156. The number of nitrogens with one attached hydrogen (secondary N) is 2. The molecule has 0 aliphatic rings. The van der Waals surface area contributed by atoms with Crippen molar-refractivity contribution in [2.24, 2.45) is 0 Å². The van der Waals surface area contributed by atoms with Crippen LogP contribution in [0.4, 0.5) is 13.2 Å². The number of imidazole rings is 1. The highest BCUT2D eigenvalue weighted by molar-refractivity contribution is 5.25. The molecule has 20 heavy (non-hydrogen) atoms. The number of rotatable bonds is 6. The molecule has 0 saturated carbocycles. The summed E-state index contributed by atoms with van der Waals surface area (Å²) in [6.45, 7) is 2.55. The Kier molecular flexibility index (Phi) is 4.79. The molecule has 1 heterocycles. The fraction of sp³-hybridized carbons (Fsp3) is 0.357. The van der Waals surface area contributed by atoms with Crippen LogP contribution in [0, 0.1) is 17.5 Å². The number of H-pyrrole nitrogens is 1. The summed E-state index contributed by atoms with van der Waals surface area (Å²) in [5.74, 6) is -2.08. The van der Waals surface area contributed by atoms with E-state index in [1.807, 2.05) is 6.92 Å². The van der Waals surface area contributed by atoms with Crippen LogP contribution in [-0.2, 0) is 6.42 Å². The van der Waals surface area contributed by atoms with Gasteiger partial charge in [0.2, 0.25) is 0 Å². The minimum atomic E-state index is -0.920. The van der Waals surface area contributed by atoms with E-state index >= 15 is 0 Å². The monoisotopic (exact) mass is 283 g/mol. The molecule has 108 valence electrons. The van der Waals surface area contributed by atoms with Gasteiger partial charge in [-0.25, -0.2) is 18.2 Å². The van der Waals surface area contributed by atoms with E-state index in [0.29, 0.717) is 30.9 Å². The van der Waals surface area contributed by atoms with Gasteiger partial charge in [0.05, 0.1) is 0 Å². The molecule has 0 bridgehead atoms. The summed E-state index contributed by atoms with van der Waals surface area (Å²) in [6.07, 6.45) is 4.33. The first-order chi connectivity index (χ1) is 9.61. The Morgan fingerprint density at radius 3 is 2.50 bits per heavy atom. The van der Waals surface area contributed by atoms with Gasteiger partial charge in [0.25, 0.3) is 0 Å². The third-order valence-corrected chi connectivity index (χ3v) is 2.99. The lowest BCUT2D eigenvalue weighted by atomic mass is 10.0. The highest BCUT2D eigenvalue weighted by atomic mass is 19.1. The Hall–Kier alpha value is -1.82. The maximum Gasteiger partial charge on any atom is 0.133 e. The number of nitrogens with zero attached hydrogens (tertiary/aromatic N) is 1.